The van der Waals surface area contributed by atoms with Crippen LogP contribution in [0.4, 0.5) is 5.95 Å². The maximum Gasteiger partial charge on any atom is 0.254 e. The summed E-state index contributed by atoms with van der Waals surface area (Å²) in [5.74, 6) is 1.67. The van der Waals surface area contributed by atoms with Gasteiger partial charge in [0, 0.05) is 54.0 Å². The van der Waals surface area contributed by atoms with E-state index in [-0.39, 0.29) is 35.5 Å². The van der Waals surface area contributed by atoms with Crippen molar-refractivity contribution in [1.82, 2.24) is 15.3 Å². The minimum atomic E-state index is -0.289. The van der Waals surface area contributed by atoms with Crippen LogP contribution in [0.5, 0.6) is 5.75 Å². The van der Waals surface area contributed by atoms with Gasteiger partial charge in [-0.15, -0.1) is 0 Å². The molecule has 1 saturated heterocycles. The Hall–Kier alpha value is -2.42. The van der Waals surface area contributed by atoms with E-state index in [0.29, 0.717) is 35.7 Å². The van der Waals surface area contributed by atoms with E-state index in [1.807, 2.05) is 25.1 Å². The summed E-state index contributed by atoms with van der Waals surface area (Å²) in [7, 11) is 0. The molecule has 0 spiro atoms. The van der Waals surface area contributed by atoms with E-state index in [9.17, 15) is 4.79 Å². The number of piperidine rings is 1. The molecular weight excluding hydrogens is 492 g/mol. The zero-order chi connectivity index (χ0) is 26.8. The summed E-state index contributed by atoms with van der Waals surface area (Å²) in [6.07, 6.45) is 5.09. The summed E-state index contributed by atoms with van der Waals surface area (Å²) in [6.45, 7) is 13.2. The molecule has 1 aliphatic carbocycles. The Balaban J connectivity index is 1.33. The van der Waals surface area contributed by atoms with Crippen molar-refractivity contribution in [2.75, 3.05) is 37.8 Å². The van der Waals surface area contributed by atoms with E-state index in [1.165, 1.54) is 0 Å². The number of rotatable bonds is 9. The number of nitrogens with zero attached hydrogens (tertiary/aromatic N) is 3. The van der Waals surface area contributed by atoms with E-state index in [1.54, 1.807) is 12.4 Å². The predicted octanol–water partition coefficient (Wildman–Crippen LogP) is 4.28. The summed E-state index contributed by atoms with van der Waals surface area (Å²) in [5.41, 5.74) is 0.871. The molecule has 1 aromatic carbocycles. The fourth-order valence-electron chi connectivity index (χ4n) is 6.01. The van der Waals surface area contributed by atoms with Gasteiger partial charge in [-0.2, -0.15) is 0 Å². The highest BCUT2D eigenvalue weighted by Crippen LogP contribution is 2.55. The van der Waals surface area contributed by atoms with E-state index in [0.717, 1.165) is 37.2 Å². The van der Waals surface area contributed by atoms with Crippen molar-refractivity contribution in [3.05, 3.63) is 46.7 Å². The van der Waals surface area contributed by atoms with E-state index < -0.39 is 0 Å². The van der Waals surface area contributed by atoms with Crippen LogP contribution in [-0.2, 0) is 4.74 Å². The third-order valence-electron chi connectivity index (χ3n) is 7.90. The van der Waals surface area contributed by atoms with Crippen molar-refractivity contribution in [2.24, 2.45) is 16.7 Å². The molecule has 2 N–H and O–H groups in total. The van der Waals surface area contributed by atoms with E-state index in [2.05, 4.69) is 47.9 Å². The number of anilines is 1. The van der Waals surface area contributed by atoms with Crippen molar-refractivity contribution in [3.8, 4) is 5.75 Å². The lowest BCUT2D eigenvalue weighted by Crippen LogP contribution is -2.74. The molecule has 9 heteroatoms. The van der Waals surface area contributed by atoms with Crippen LogP contribution in [0.2, 0.25) is 5.02 Å². The minimum Gasteiger partial charge on any atom is -0.489 e. The molecular formula is C28H39ClN4O4. The maximum absolute atomic E-state index is 13.1. The number of aliphatic hydroxyl groups excluding tert-OH is 1. The van der Waals surface area contributed by atoms with Crippen LogP contribution in [0, 0.1) is 23.7 Å². The molecule has 8 nitrogen and oxygen atoms in total. The second kappa shape index (κ2) is 11.1. The molecule has 1 amide bonds. The van der Waals surface area contributed by atoms with Crippen molar-refractivity contribution >= 4 is 23.5 Å². The Bertz CT molecular complexity index is 1070. The Morgan fingerprint density at radius 1 is 1.16 bits per heavy atom. The number of aryl methyl sites for hydroxylation is 1. The number of aromatic nitrogens is 2. The fraction of sp³-hybridized carbons (Fsp3) is 0.607. The standard InChI is InChI=1S/C28H39ClN4O4/c1-18-6-7-21(14-22(18)29)37-25-27(2,3)24(28(25,4)5)32-23(35)20-15-30-26(31-16-20)33-10-8-19(9-11-33)17-36-13-12-34/h6-7,14-16,19,24-25,34H,8-13,17H2,1-5H3,(H,32,35). The van der Waals surface area contributed by atoms with Gasteiger partial charge in [-0.05, 0) is 43.4 Å². The van der Waals surface area contributed by atoms with Gasteiger partial charge in [-0.25, -0.2) is 9.97 Å². The summed E-state index contributed by atoms with van der Waals surface area (Å²) in [5, 5.41) is 12.7. The Morgan fingerprint density at radius 3 is 2.41 bits per heavy atom. The van der Waals surface area contributed by atoms with Crippen LogP contribution in [0.25, 0.3) is 0 Å². The third-order valence-corrected chi connectivity index (χ3v) is 8.31. The van der Waals surface area contributed by atoms with Gasteiger partial charge in [0.05, 0.1) is 18.8 Å². The first kappa shape index (κ1) is 27.6. The zero-order valence-electron chi connectivity index (χ0n) is 22.5. The van der Waals surface area contributed by atoms with Crippen LogP contribution in [0.15, 0.2) is 30.6 Å². The van der Waals surface area contributed by atoms with Gasteiger partial charge in [0.1, 0.15) is 11.9 Å². The Morgan fingerprint density at radius 2 is 1.81 bits per heavy atom. The Labute approximate surface area is 224 Å². The third kappa shape index (κ3) is 5.86. The molecule has 0 atom stereocenters. The highest BCUT2D eigenvalue weighted by Gasteiger charge is 2.64. The van der Waals surface area contributed by atoms with Crippen molar-refractivity contribution < 1.29 is 19.4 Å². The minimum absolute atomic E-state index is 0.0550. The number of carbonyl (C=O) groups excluding carboxylic acids is 1. The highest BCUT2D eigenvalue weighted by molar-refractivity contribution is 6.31. The molecule has 202 valence electrons. The van der Waals surface area contributed by atoms with Gasteiger partial charge in [0.2, 0.25) is 5.95 Å². The molecule has 1 saturated carbocycles. The van der Waals surface area contributed by atoms with Crippen molar-refractivity contribution in [1.29, 1.82) is 0 Å². The summed E-state index contributed by atoms with van der Waals surface area (Å²) in [4.78, 5) is 24.2. The van der Waals surface area contributed by atoms with Gasteiger partial charge < -0.3 is 24.8 Å². The molecule has 0 radical (unpaired) electrons. The second-order valence-corrected chi connectivity index (χ2v) is 11.9. The van der Waals surface area contributed by atoms with Gasteiger partial charge >= 0.3 is 0 Å². The van der Waals surface area contributed by atoms with Crippen molar-refractivity contribution in [3.63, 3.8) is 0 Å². The van der Waals surface area contributed by atoms with Gasteiger partial charge in [-0.3, -0.25) is 4.79 Å². The summed E-state index contributed by atoms with van der Waals surface area (Å²) in [6, 6.07) is 5.65. The average Bonchev–Trinajstić information content (AvgIpc) is 2.88. The molecule has 2 heterocycles. The maximum atomic E-state index is 13.1. The normalized spacial score (nSPS) is 22.8. The number of hydrogen-bond donors (Lipinski definition) is 2. The van der Waals surface area contributed by atoms with E-state index in [4.69, 9.17) is 26.2 Å². The fourth-order valence-corrected chi connectivity index (χ4v) is 6.18. The lowest BCUT2D eigenvalue weighted by Gasteiger charge is -2.63. The van der Waals surface area contributed by atoms with Crippen LogP contribution in [0.3, 0.4) is 0 Å². The number of hydrogen-bond acceptors (Lipinski definition) is 7. The summed E-state index contributed by atoms with van der Waals surface area (Å²) >= 11 is 6.29. The number of halogens is 1. The first-order chi connectivity index (χ1) is 17.5. The highest BCUT2D eigenvalue weighted by atomic mass is 35.5. The first-order valence-corrected chi connectivity index (χ1v) is 13.4. The second-order valence-electron chi connectivity index (χ2n) is 11.5. The number of nitrogens with one attached hydrogen (secondary N) is 1. The lowest BCUT2D eigenvalue weighted by atomic mass is 9.49. The Kier molecular flexibility index (Phi) is 8.31. The van der Waals surface area contributed by atoms with E-state index >= 15 is 0 Å². The van der Waals surface area contributed by atoms with Crippen LogP contribution in [0.1, 0.15) is 56.5 Å². The molecule has 2 fully saturated rings. The van der Waals surface area contributed by atoms with Crippen LogP contribution >= 0.6 is 11.6 Å². The van der Waals surface area contributed by atoms with Crippen molar-refractivity contribution in [2.45, 2.75) is 59.6 Å². The van der Waals surface area contributed by atoms with Gasteiger partial charge in [0.25, 0.3) is 5.91 Å². The molecule has 2 aliphatic rings. The predicted molar refractivity (Wildman–Crippen MR) is 144 cm³/mol. The number of benzene rings is 1. The zero-order valence-corrected chi connectivity index (χ0v) is 23.2. The smallest absolute Gasteiger partial charge is 0.254 e. The molecule has 37 heavy (non-hydrogen) atoms. The molecule has 1 aromatic heterocycles. The topological polar surface area (TPSA) is 96.8 Å². The molecule has 0 bridgehead atoms. The molecule has 4 rings (SSSR count). The van der Waals surface area contributed by atoms with Crippen LogP contribution in [-0.4, -0.2) is 66.0 Å². The van der Waals surface area contributed by atoms with Gasteiger partial charge in [-0.1, -0.05) is 45.4 Å². The SMILES string of the molecule is Cc1ccc(OC2C(C)(C)C(NC(=O)c3cnc(N4CCC(COCCO)CC4)nc3)C2(C)C)cc1Cl. The largest absolute Gasteiger partial charge is 0.489 e. The number of ether oxygens (including phenoxy) is 2. The molecule has 1 aliphatic heterocycles. The average molecular weight is 531 g/mol. The van der Waals surface area contributed by atoms with Gasteiger partial charge in [0.15, 0.2) is 0 Å². The number of amides is 1. The number of aliphatic hydroxyl groups is 1. The summed E-state index contributed by atoms with van der Waals surface area (Å²) < 4.78 is 11.8. The number of carbonyl (C=O) groups is 1. The first-order valence-electron chi connectivity index (χ1n) is 13.0. The van der Waals surface area contributed by atoms with Crippen LogP contribution < -0.4 is 15.0 Å². The lowest BCUT2D eigenvalue weighted by molar-refractivity contribution is -0.164. The monoisotopic (exact) mass is 530 g/mol. The molecule has 2 aromatic rings. The quantitative estimate of drug-likeness (QED) is 0.467. The molecule has 0 unspecified atom stereocenters.